The van der Waals surface area contributed by atoms with Gasteiger partial charge in [-0.15, -0.1) is 18.2 Å². The number of rotatable bonds is 1. The van der Waals surface area contributed by atoms with E-state index < -0.39 is 0 Å². The summed E-state index contributed by atoms with van der Waals surface area (Å²) in [5, 5.41) is 7.51. The molecule has 0 bridgehead atoms. The summed E-state index contributed by atoms with van der Waals surface area (Å²) in [4.78, 5) is 0. The predicted molar refractivity (Wildman–Crippen MR) is 36.7 cm³/mol. The van der Waals surface area contributed by atoms with Crippen molar-refractivity contribution in [2.24, 2.45) is 0 Å². The lowest BCUT2D eigenvalue weighted by atomic mass is 10.8. The van der Waals surface area contributed by atoms with Gasteiger partial charge in [0.1, 0.15) is 0 Å². The Hall–Kier alpha value is -0.740. The van der Waals surface area contributed by atoms with Gasteiger partial charge in [-0.25, -0.2) is 0 Å². The molecule has 0 unspecified atom stereocenters. The Balaban J connectivity index is 0. The SMILES string of the molecule is C=CC#N.C=CCCl. The summed E-state index contributed by atoms with van der Waals surface area (Å²) in [5.74, 6) is 0.556. The molecule has 44 valence electrons. The minimum absolute atomic E-state index is 0.556. The first-order valence-electron chi connectivity index (χ1n) is 2.00. The van der Waals surface area contributed by atoms with Gasteiger partial charge in [0.2, 0.25) is 0 Å². The first-order valence-corrected chi connectivity index (χ1v) is 2.54. The van der Waals surface area contributed by atoms with E-state index in [9.17, 15) is 0 Å². The molecule has 8 heavy (non-hydrogen) atoms. The average Bonchev–Trinajstić information content (AvgIpc) is 1.88. The number of hydrogen-bond donors (Lipinski definition) is 0. The van der Waals surface area contributed by atoms with Crippen LogP contribution in [0.3, 0.4) is 0 Å². The summed E-state index contributed by atoms with van der Waals surface area (Å²) in [6, 6.07) is 1.69. The highest BCUT2D eigenvalue weighted by Gasteiger charge is 1.48. The normalized spacial score (nSPS) is 5.00. The lowest BCUT2D eigenvalue weighted by molar-refractivity contribution is 1.54. The van der Waals surface area contributed by atoms with Crippen molar-refractivity contribution in [1.29, 1.82) is 5.26 Å². The number of allylic oxidation sites excluding steroid dienone is 2. The smallest absolute Gasteiger partial charge is 0.0905 e. The van der Waals surface area contributed by atoms with E-state index in [0.29, 0.717) is 5.88 Å². The van der Waals surface area contributed by atoms with Crippen LogP contribution in [0.4, 0.5) is 0 Å². The second-order valence-electron chi connectivity index (χ2n) is 0.776. The molecule has 0 aliphatic heterocycles. The topological polar surface area (TPSA) is 23.8 Å². The molecular formula is C6H8ClN. The summed E-state index contributed by atoms with van der Waals surface area (Å²) in [6.07, 6.45) is 2.82. The highest BCUT2D eigenvalue weighted by molar-refractivity contribution is 6.18. The highest BCUT2D eigenvalue weighted by atomic mass is 35.5. The molecule has 0 aromatic heterocycles. The zero-order valence-electron chi connectivity index (χ0n) is 4.60. The van der Waals surface area contributed by atoms with Gasteiger partial charge in [-0.2, -0.15) is 5.26 Å². The molecule has 0 rings (SSSR count). The monoisotopic (exact) mass is 129 g/mol. The average molecular weight is 130 g/mol. The molecule has 0 aromatic carbocycles. The fourth-order valence-electron chi connectivity index (χ4n) is 0. The van der Waals surface area contributed by atoms with Gasteiger partial charge < -0.3 is 0 Å². The molecule has 0 fully saturated rings. The zero-order valence-corrected chi connectivity index (χ0v) is 5.36. The van der Waals surface area contributed by atoms with E-state index in [1.165, 1.54) is 6.08 Å². The van der Waals surface area contributed by atoms with E-state index >= 15 is 0 Å². The van der Waals surface area contributed by atoms with Crippen molar-refractivity contribution in [2.75, 3.05) is 5.88 Å². The van der Waals surface area contributed by atoms with Crippen molar-refractivity contribution in [3.63, 3.8) is 0 Å². The van der Waals surface area contributed by atoms with Crippen LogP contribution >= 0.6 is 11.6 Å². The zero-order chi connectivity index (χ0) is 6.83. The summed E-state index contributed by atoms with van der Waals surface area (Å²) >= 11 is 5.07. The first kappa shape index (κ1) is 10.3. The summed E-state index contributed by atoms with van der Waals surface area (Å²) in [5.41, 5.74) is 0. The van der Waals surface area contributed by atoms with Crippen LogP contribution in [0.2, 0.25) is 0 Å². The van der Waals surface area contributed by atoms with Crippen LogP contribution < -0.4 is 0 Å². The van der Waals surface area contributed by atoms with Crippen LogP contribution in [-0.4, -0.2) is 5.88 Å². The van der Waals surface area contributed by atoms with Gasteiger partial charge >= 0.3 is 0 Å². The van der Waals surface area contributed by atoms with Crippen molar-refractivity contribution in [2.45, 2.75) is 0 Å². The van der Waals surface area contributed by atoms with Crippen LogP contribution in [0.5, 0.6) is 0 Å². The van der Waals surface area contributed by atoms with Gasteiger partial charge in [0.25, 0.3) is 0 Å². The maximum atomic E-state index is 7.51. The third-order valence-corrected chi connectivity index (χ3v) is 0.419. The Morgan fingerprint density at radius 1 is 1.62 bits per heavy atom. The molecule has 0 aliphatic carbocycles. The van der Waals surface area contributed by atoms with Crippen LogP contribution in [0, 0.1) is 11.3 Å². The van der Waals surface area contributed by atoms with Crippen molar-refractivity contribution < 1.29 is 0 Å². The predicted octanol–water partition coefficient (Wildman–Crippen LogP) is 2.11. The minimum atomic E-state index is 0.556. The molecule has 0 saturated heterocycles. The third-order valence-electron chi connectivity index (χ3n) is 0.200. The fourth-order valence-corrected chi connectivity index (χ4v) is 0. The molecule has 0 amide bonds. The van der Waals surface area contributed by atoms with Crippen LogP contribution in [-0.2, 0) is 0 Å². The number of nitriles is 1. The minimum Gasteiger partial charge on any atom is -0.193 e. The van der Waals surface area contributed by atoms with Gasteiger partial charge in [-0.05, 0) is 0 Å². The maximum Gasteiger partial charge on any atom is 0.0905 e. The Morgan fingerprint density at radius 3 is 1.88 bits per heavy atom. The van der Waals surface area contributed by atoms with Gasteiger partial charge in [0.05, 0.1) is 6.07 Å². The molecule has 0 aliphatic rings. The lowest BCUT2D eigenvalue weighted by Gasteiger charge is -1.55. The van der Waals surface area contributed by atoms with Gasteiger partial charge in [-0.3, -0.25) is 0 Å². The molecule has 0 heterocycles. The molecule has 0 saturated carbocycles. The second kappa shape index (κ2) is 16.3. The Kier molecular flexibility index (Phi) is 20.9. The largest absolute Gasteiger partial charge is 0.193 e. The highest BCUT2D eigenvalue weighted by Crippen LogP contribution is 1.67. The van der Waals surface area contributed by atoms with Crippen LogP contribution in [0.1, 0.15) is 0 Å². The number of hydrogen-bond acceptors (Lipinski definition) is 1. The van der Waals surface area contributed by atoms with E-state index in [4.69, 9.17) is 16.9 Å². The van der Waals surface area contributed by atoms with Gasteiger partial charge in [-0.1, -0.05) is 12.7 Å². The summed E-state index contributed by atoms with van der Waals surface area (Å²) in [7, 11) is 0. The molecule has 0 N–H and O–H groups in total. The van der Waals surface area contributed by atoms with Crippen molar-refractivity contribution in [3.05, 3.63) is 25.3 Å². The van der Waals surface area contributed by atoms with E-state index in [0.717, 1.165) is 0 Å². The number of halogens is 1. The number of alkyl halides is 1. The van der Waals surface area contributed by atoms with Crippen molar-refractivity contribution in [3.8, 4) is 6.07 Å². The Bertz CT molecular complexity index is 91.2. The molecular weight excluding hydrogens is 122 g/mol. The van der Waals surface area contributed by atoms with E-state index in [2.05, 4.69) is 13.2 Å². The van der Waals surface area contributed by atoms with Crippen LogP contribution in [0.15, 0.2) is 25.3 Å². The van der Waals surface area contributed by atoms with Crippen molar-refractivity contribution in [1.82, 2.24) is 0 Å². The van der Waals surface area contributed by atoms with E-state index in [1.807, 2.05) is 0 Å². The van der Waals surface area contributed by atoms with Gasteiger partial charge in [0, 0.05) is 12.0 Å². The Labute approximate surface area is 54.9 Å². The van der Waals surface area contributed by atoms with Crippen molar-refractivity contribution >= 4 is 11.6 Å². The standard InChI is InChI=1S/C3H5Cl.C3H3N/c2*1-2-3-4/h2H,1,3H2;2H,1H2. The quantitative estimate of drug-likeness (QED) is 0.302. The molecule has 1 nitrogen and oxygen atoms in total. The molecule has 0 aromatic rings. The second-order valence-corrected chi connectivity index (χ2v) is 1.08. The maximum absolute atomic E-state index is 7.51. The number of nitrogens with zero attached hydrogens (tertiary/aromatic N) is 1. The molecule has 0 spiro atoms. The fraction of sp³-hybridized carbons (Fsp3) is 0.167. The van der Waals surface area contributed by atoms with E-state index in [-0.39, 0.29) is 0 Å². The van der Waals surface area contributed by atoms with Crippen LogP contribution in [0.25, 0.3) is 0 Å². The third kappa shape index (κ3) is 60.1. The molecule has 0 radical (unpaired) electrons. The summed E-state index contributed by atoms with van der Waals surface area (Å²) in [6.45, 7) is 6.47. The first-order chi connectivity index (χ1) is 3.83. The molecule has 2 heteroatoms. The van der Waals surface area contributed by atoms with Gasteiger partial charge in [0.15, 0.2) is 0 Å². The molecule has 0 atom stereocenters. The van der Waals surface area contributed by atoms with E-state index in [1.54, 1.807) is 12.1 Å². The Morgan fingerprint density at radius 2 is 1.88 bits per heavy atom. The summed E-state index contributed by atoms with van der Waals surface area (Å²) < 4.78 is 0. The lowest BCUT2D eigenvalue weighted by Crippen LogP contribution is -1.45.